The van der Waals surface area contributed by atoms with Gasteiger partial charge >= 0.3 is 0 Å². The zero-order valence-corrected chi connectivity index (χ0v) is 22.7. The van der Waals surface area contributed by atoms with Crippen molar-refractivity contribution >= 4 is 28.9 Å². The standard InChI is InChI=1S/C30H35ClN8/c31-24-10-6-20(7-11-24)18-39-19-23(17-34-39)26(27-16-28(32)35-30-29(27)36-38-37-30)14-15-33-25-12-8-22(9-13-25)21-4-2-1-3-5-21/h1-7,10-11,16-17,19,22,25-26,33,36,38H,8-9,12-15,18H2,(H3,32,35,37)/t22-,25-,26?. The van der Waals surface area contributed by atoms with Crippen molar-refractivity contribution in [3.05, 3.63) is 100 Å². The fraction of sp³-hybridized carbons (Fsp3) is 0.333. The lowest BCUT2D eigenvalue weighted by atomic mass is 9.81. The highest BCUT2D eigenvalue weighted by atomic mass is 35.5. The van der Waals surface area contributed by atoms with Crippen LogP contribution < -0.4 is 27.4 Å². The van der Waals surface area contributed by atoms with E-state index in [4.69, 9.17) is 22.4 Å². The Morgan fingerprint density at radius 1 is 1.03 bits per heavy atom. The zero-order valence-electron chi connectivity index (χ0n) is 21.9. The summed E-state index contributed by atoms with van der Waals surface area (Å²) in [6, 6.07) is 21.4. The molecule has 202 valence electrons. The Hall–Kier alpha value is -3.59. The molecule has 6 rings (SSSR count). The third-order valence-electron chi connectivity index (χ3n) is 7.99. The Morgan fingerprint density at radius 3 is 2.62 bits per heavy atom. The molecule has 1 unspecified atom stereocenters. The van der Waals surface area contributed by atoms with Gasteiger partial charge in [0.1, 0.15) is 5.82 Å². The Bertz CT molecular complexity index is 1380. The van der Waals surface area contributed by atoms with E-state index in [-0.39, 0.29) is 5.92 Å². The molecule has 2 aromatic carbocycles. The van der Waals surface area contributed by atoms with E-state index in [0.29, 0.717) is 24.3 Å². The minimum absolute atomic E-state index is 0.102. The van der Waals surface area contributed by atoms with Gasteiger partial charge in [-0.1, -0.05) is 54.1 Å². The molecule has 1 atom stereocenters. The van der Waals surface area contributed by atoms with Gasteiger partial charge < -0.3 is 16.5 Å². The van der Waals surface area contributed by atoms with E-state index in [1.165, 1.54) is 31.2 Å². The van der Waals surface area contributed by atoms with E-state index in [9.17, 15) is 0 Å². The van der Waals surface area contributed by atoms with Crippen molar-refractivity contribution in [2.45, 2.75) is 56.5 Å². The molecule has 0 bridgehead atoms. The molecule has 0 amide bonds. The number of nitrogens with zero attached hydrogens (tertiary/aromatic N) is 3. The normalized spacial score (nSPS) is 19.2. The van der Waals surface area contributed by atoms with Crippen LogP contribution in [-0.4, -0.2) is 27.4 Å². The summed E-state index contributed by atoms with van der Waals surface area (Å²) in [6.45, 7) is 1.59. The SMILES string of the molecule is Nc1cc(C(CCN[C@H]2CC[C@H](c3ccccc3)CC2)c2cnn(Cc3ccc(Cl)cc3)c2)c2c(n1)NNN2. The van der Waals surface area contributed by atoms with Crippen molar-refractivity contribution in [2.75, 3.05) is 23.1 Å². The van der Waals surface area contributed by atoms with Crippen LogP contribution in [0.4, 0.5) is 17.3 Å². The van der Waals surface area contributed by atoms with Crippen LogP contribution >= 0.6 is 11.6 Å². The van der Waals surface area contributed by atoms with Crippen LogP contribution in [0.25, 0.3) is 0 Å². The van der Waals surface area contributed by atoms with Crippen molar-refractivity contribution in [1.29, 1.82) is 0 Å². The topological polar surface area (TPSA) is 105 Å². The van der Waals surface area contributed by atoms with Gasteiger partial charge in [0, 0.05) is 23.2 Å². The summed E-state index contributed by atoms with van der Waals surface area (Å²) in [5.74, 6) is 1.99. The second-order valence-electron chi connectivity index (χ2n) is 10.6. The molecule has 0 radical (unpaired) electrons. The number of nitrogens with two attached hydrogens (primary N) is 1. The minimum Gasteiger partial charge on any atom is -0.384 e. The van der Waals surface area contributed by atoms with E-state index in [1.807, 2.05) is 41.2 Å². The number of anilines is 3. The van der Waals surface area contributed by atoms with Gasteiger partial charge in [0.25, 0.3) is 0 Å². The van der Waals surface area contributed by atoms with Crippen molar-refractivity contribution in [2.24, 2.45) is 0 Å². The maximum Gasteiger partial charge on any atom is 0.169 e. The lowest BCUT2D eigenvalue weighted by molar-refractivity contribution is 0.340. The van der Waals surface area contributed by atoms with Crippen LogP contribution in [0.15, 0.2) is 73.1 Å². The molecule has 1 aliphatic carbocycles. The first-order valence-corrected chi connectivity index (χ1v) is 14.1. The quantitative estimate of drug-likeness (QED) is 0.186. The fourth-order valence-corrected chi connectivity index (χ4v) is 6.07. The number of hydrogen-bond acceptors (Lipinski definition) is 7. The van der Waals surface area contributed by atoms with Gasteiger partial charge in [-0.25, -0.2) is 4.98 Å². The summed E-state index contributed by atoms with van der Waals surface area (Å²) >= 11 is 6.07. The molecule has 1 aliphatic heterocycles. The highest BCUT2D eigenvalue weighted by molar-refractivity contribution is 6.30. The molecule has 0 saturated heterocycles. The predicted molar refractivity (Wildman–Crippen MR) is 158 cm³/mol. The third kappa shape index (κ3) is 6.03. The van der Waals surface area contributed by atoms with Crippen LogP contribution in [0, 0.1) is 0 Å². The first-order valence-electron chi connectivity index (χ1n) is 13.7. The Kier molecular flexibility index (Phi) is 7.67. The maximum absolute atomic E-state index is 6.22. The number of rotatable bonds is 9. The molecule has 9 heteroatoms. The predicted octanol–water partition coefficient (Wildman–Crippen LogP) is 5.66. The number of hydrogen-bond donors (Lipinski definition) is 5. The summed E-state index contributed by atoms with van der Waals surface area (Å²) in [5.41, 5.74) is 21.3. The smallest absolute Gasteiger partial charge is 0.169 e. The van der Waals surface area contributed by atoms with Gasteiger partial charge in [-0.15, -0.1) is 5.53 Å². The summed E-state index contributed by atoms with van der Waals surface area (Å²) in [7, 11) is 0. The van der Waals surface area contributed by atoms with Crippen LogP contribution in [0.5, 0.6) is 0 Å². The summed E-state index contributed by atoms with van der Waals surface area (Å²) in [5, 5.41) is 9.29. The van der Waals surface area contributed by atoms with Crippen molar-refractivity contribution < 1.29 is 0 Å². The van der Waals surface area contributed by atoms with Crippen molar-refractivity contribution in [1.82, 2.24) is 25.6 Å². The number of benzene rings is 2. The largest absolute Gasteiger partial charge is 0.384 e. The fourth-order valence-electron chi connectivity index (χ4n) is 5.95. The number of nitrogens with one attached hydrogen (secondary N) is 4. The lowest BCUT2D eigenvalue weighted by Crippen LogP contribution is -2.34. The molecule has 0 spiro atoms. The molecule has 2 aromatic heterocycles. The lowest BCUT2D eigenvalue weighted by Gasteiger charge is -2.30. The van der Waals surface area contributed by atoms with Gasteiger partial charge in [-0.05, 0) is 85.0 Å². The Morgan fingerprint density at radius 2 is 1.82 bits per heavy atom. The van der Waals surface area contributed by atoms with Gasteiger partial charge in [-0.3, -0.25) is 10.1 Å². The highest BCUT2D eigenvalue weighted by Crippen LogP contribution is 2.39. The number of hydrazine groups is 2. The molecule has 1 fully saturated rings. The van der Waals surface area contributed by atoms with E-state index >= 15 is 0 Å². The van der Waals surface area contributed by atoms with Gasteiger partial charge in [0.05, 0.1) is 18.4 Å². The molecule has 3 heterocycles. The van der Waals surface area contributed by atoms with Gasteiger partial charge in [0.2, 0.25) is 0 Å². The second-order valence-corrected chi connectivity index (χ2v) is 11.0. The first kappa shape index (κ1) is 25.7. The van der Waals surface area contributed by atoms with Gasteiger partial charge in [0.15, 0.2) is 5.82 Å². The zero-order chi connectivity index (χ0) is 26.6. The number of nitrogen functional groups attached to an aromatic ring is 1. The van der Waals surface area contributed by atoms with Crippen LogP contribution in [0.3, 0.4) is 0 Å². The molecular formula is C30H35ClN8. The third-order valence-corrected chi connectivity index (χ3v) is 8.24. The number of pyridine rings is 1. The first-order chi connectivity index (χ1) is 19.1. The van der Waals surface area contributed by atoms with E-state index in [0.717, 1.165) is 46.2 Å². The second kappa shape index (κ2) is 11.7. The molecule has 4 aromatic rings. The monoisotopic (exact) mass is 542 g/mol. The van der Waals surface area contributed by atoms with E-state index in [1.54, 1.807) is 0 Å². The molecular weight excluding hydrogens is 508 g/mol. The average molecular weight is 543 g/mol. The van der Waals surface area contributed by atoms with Crippen LogP contribution in [0.1, 0.15) is 66.2 Å². The molecule has 6 N–H and O–H groups in total. The molecule has 8 nitrogen and oxygen atoms in total. The highest BCUT2D eigenvalue weighted by Gasteiger charge is 2.26. The van der Waals surface area contributed by atoms with Crippen LogP contribution in [0.2, 0.25) is 5.02 Å². The van der Waals surface area contributed by atoms with E-state index in [2.05, 4.69) is 63.2 Å². The summed E-state index contributed by atoms with van der Waals surface area (Å²) in [4.78, 5) is 4.44. The number of aromatic nitrogens is 3. The number of fused-ring (bicyclic) bond motifs is 1. The van der Waals surface area contributed by atoms with Crippen molar-refractivity contribution in [3.63, 3.8) is 0 Å². The maximum atomic E-state index is 6.22. The average Bonchev–Trinajstić information content (AvgIpc) is 3.63. The molecule has 1 saturated carbocycles. The summed E-state index contributed by atoms with van der Waals surface area (Å²) in [6.07, 6.45) is 9.92. The summed E-state index contributed by atoms with van der Waals surface area (Å²) < 4.78 is 1.98. The number of halogens is 1. The Labute approximate surface area is 234 Å². The molecule has 2 aliphatic rings. The Balaban J connectivity index is 1.15. The van der Waals surface area contributed by atoms with Crippen LogP contribution in [-0.2, 0) is 6.54 Å². The van der Waals surface area contributed by atoms with E-state index < -0.39 is 0 Å². The minimum atomic E-state index is 0.102. The van der Waals surface area contributed by atoms with Gasteiger partial charge in [-0.2, -0.15) is 5.10 Å². The molecule has 39 heavy (non-hydrogen) atoms. The van der Waals surface area contributed by atoms with Crippen molar-refractivity contribution in [3.8, 4) is 0 Å².